The summed E-state index contributed by atoms with van der Waals surface area (Å²) in [5.41, 5.74) is 1.24. The lowest BCUT2D eigenvalue weighted by atomic mass is 10.1. The van der Waals surface area contributed by atoms with Crippen LogP contribution in [0, 0.1) is 0 Å². The standard InChI is InChI=1S/C14H12O3S/c1-9(15)11-8-12(14(16)18-2)17-13(11)10-6-4-3-5-7-10/h3-8H,1-2H3. The number of ketones is 1. The molecule has 0 bridgehead atoms. The van der Waals surface area contributed by atoms with E-state index in [1.54, 1.807) is 6.26 Å². The average Bonchev–Trinajstić information content (AvgIpc) is 2.84. The van der Waals surface area contributed by atoms with Crippen molar-refractivity contribution in [3.8, 4) is 11.3 Å². The quantitative estimate of drug-likeness (QED) is 0.790. The van der Waals surface area contributed by atoms with Crippen molar-refractivity contribution in [3.63, 3.8) is 0 Å². The first-order valence-electron chi connectivity index (χ1n) is 5.42. The number of thioether (sulfide) groups is 1. The van der Waals surface area contributed by atoms with Gasteiger partial charge < -0.3 is 4.42 Å². The van der Waals surface area contributed by atoms with Crippen molar-refractivity contribution in [2.45, 2.75) is 6.92 Å². The second-order valence-electron chi connectivity index (χ2n) is 3.77. The van der Waals surface area contributed by atoms with Crippen LogP contribution < -0.4 is 0 Å². The lowest BCUT2D eigenvalue weighted by molar-refractivity contribution is 0.101. The second-order valence-corrected chi connectivity index (χ2v) is 4.55. The molecule has 0 fully saturated rings. The molecule has 1 aromatic carbocycles. The molecule has 4 heteroatoms. The fourth-order valence-corrected chi connectivity index (χ4v) is 1.96. The van der Waals surface area contributed by atoms with E-state index in [4.69, 9.17) is 4.42 Å². The summed E-state index contributed by atoms with van der Waals surface area (Å²) in [7, 11) is 0. The van der Waals surface area contributed by atoms with Gasteiger partial charge in [-0.3, -0.25) is 9.59 Å². The zero-order chi connectivity index (χ0) is 13.1. The molecule has 0 atom stereocenters. The SMILES string of the molecule is CSC(=O)c1cc(C(C)=O)c(-c2ccccc2)o1. The lowest BCUT2D eigenvalue weighted by Crippen LogP contribution is -1.92. The molecule has 0 saturated heterocycles. The van der Waals surface area contributed by atoms with Crippen molar-refractivity contribution in [3.05, 3.63) is 47.7 Å². The van der Waals surface area contributed by atoms with Crippen LogP contribution in [-0.2, 0) is 0 Å². The van der Waals surface area contributed by atoms with Gasteiger partial charge in [0.2, 0.25) is 0 Å². The summed E-state index contributed by atoms with van der Waals surface area (Å²) < 4.78 is 5.52. The number of benzene rings is 1. The minimum Gasteiger partial charge on any atom is -0.451 e. The number of hydrogen-bond donors (Lipinski definition) is 0. The van der Waals surface area contributed by atoms with Gasteiger partial charge >= 0.3 is 0 Å². The first kappa shape index (κ1) is 12.6. The Bertz CT molecular complexity index is 584. The van der Waals surface area contributed by atoms with E-state index in [0.29, 0.717) is 11.3 Å². The zero-order valence-electron chi connectivity index (χ0n) is 10.1. The first-order valence-corrected chi connectivity index (χ1v) is 6.64. The van der Waals surface area contributed by atoms with Gasteiger partial charge in [0.15, 0.2) is 11.5 Å². The summed E-state index contributed by atoms with van der Waals surface area (Å²) in [5, 5.41) is -0.181. The van der Waals surface area contributed by atoms with Gasteiger partial charge in [0, 0.05) is 11.6 Å². The molecule has 1 heterocycles. The molecule has 0 aliphatic rings. The second kappa shape index (κ2) is 5.23. The fraction of sp³-hybridized carbons (Fsp3) is 0.143. The van der Waals surface area contributed by atoms with Crippen molar-refractivity contribution in [2.24, 2.45) is 0 Å². The Labute approximate surface area is 109 Å². The zero-order valence-corrected chi connectivity index (χ0v) is 10.9. The number of carbonyl (C=O) groups excluding carboxylic acids is 2. The summed E-state index contributed by atoms with van der Waals surface area (Å²) in [4.78, 5) is 23.2. The molecule has 1 aromatic heterocycles. The van der Waals surface area contributed by atoms with Gasteiger partial charge in [0.25, 0.3) is 5.12 Å². The Kier molecular flexibility index (Phi) is 3.67. The summed E-state index contributed by atoms with van der Waals surface area (Å²) >= 11 is 1.06. The molecule has 0 aliphatic carbocycles. The topological polar surface area (TPSA) is 47.3 Å². The summed E-state index contributed by atoms with van der Waals surface area (Å²) in [6.45, 7) is 1.46. The lowest BCUT2D eigenvalue weighted by Gasteiger charge is -1.98. The van der Waals surface area contributed by atoms with Gasteiger partial charge in [0.1, 0.15) is 5.76 Å². The molecule has 0 N–H and O–H groups in total. The molecule has 0 saturated carbocycles. The summed E-state index contributed by atoms with van der Waals surface area (Å²) in [5.74, 6) is 0.560. The summed E-state index contributed by atoms with van der Waals surface area (Å²) in [6.07, 6.45) is 1.68. The highest BCUT2D eigenvalue weighted by Gasteiger charge is 2.19. The van der Waals surface area contributed by atoms with E-state index in [1.807, 2.05) is 30.3 Å². The predicted octanol–water partition coefficient (Wildman–Crippen LogP) is 3.65. The van der Waals surface area contributed by atoms with E-state index < -0.39 is 0 Å². The average molecular weight is 260 g/mol. The van der Waals surface area contributed by atoms with Crippen LogP contribution in [0.5, 0.6) is 0 Å². The molecular formula is C14H12O3S. The summed E-state index contributed by atoms with van der Waals surface area (Å²) in [6, 6.07) is 10.8. The van der Waals surface area contributed by atoms with Crippen LogP contribution in [0.1, 0.15) is 27.8 Å². The van der Waals surface area contributed by atoms with Gasteiger partial charge in [0.05, 0.1) is 5.56 Å². The third-order valence-corrected chi connectivity index (χ3v) is 3.11. The van der Waals surface area contributed by atoms with Crippen molar-refractivity contribution >= 4 is 22.7 Å². The maximum atomic E-state index is 11.6. The van der Waals surface area contributed by atoms with E-state index in [0.717, 1.165) is 17.3 Å². The minimum absolute atomic E-state index is 0.113. The van der Waals surface area contributed by atoms with Crippen LogP contribution in [0.25, 0.3) is 11.3 Å². The molecule has 18 heavy (non-hydrogen) atoms. The van der Waals surface area contributed by atoms with E-state index in [-0.39, 0.29) is 16.7 Å². The molecule has 0 aliphatic heterocycles. The fourth-order valence-electron chi connectivity index (χ4n) is 1.66. The highest BCUT2D eigenvalue weighted by atomic mass is 32.2. The molecule has 0 radical (unpaired) electrons. The Morgan fingerprint density at radius 3 is 2.39 bits per heavy atom. The Morgan fingerprint density at radius 1 is 1.17 bits per heavy atom. The Morgan fingerprint density at radius 2 is 1.83 bits per heavy atom. The molecule has 92 valence electrons. The molecule has 2 rings (SSSR count). The van der Waals surface area contributed by atoms with Crippen molar-refractivity contribution in [1.29, 1.82) is 0 Å². The molecule has 0 unspecified atom stereocenters. The Balaban J connectivity index is 2.56. The third-order valence-electron chi connectivity index (χ3n) is 2.53. The normalized spacial score (nSPS) is 10.3. The van der Waals surface area contributed by atoms with Crippen LogP contribution in [0.2, 0.25) is 0 Å². The van der Waals surface area contributed by atoms with E-state index in [2.05, 4.69) is 0 Å². The minimum atomic E-state index is -0.181. The van der Waals surface area contributed by atoms with E-state index in [9.17, 15) is 9.59 Å². The van der Waals surface area contributed by atoms with Crippen LogP contribution >= 0.6 is 11.8 Å². The van der Waals surface area contributed by atoms with Gasteiger partial charge in [-0.1, -0.05) is 42.1 Å². The van der Waals surface area contributed by atoms with Crippen LogP contribution in [0.3, 0.4) is 0 Å². The van der Waals surface area contributed by atoms with Crippen molar-refractivity contribution in [1.82, 2.24) is 0 Å². The van der Waals surface area contributed by atoms with Gasteiger partial charge in [-0.25, -0.2) is 0 Å². The van der Waals surface area contributed by atoms with E-state index in [1.165, 1.54) is 13.0 Å². The Hall–Kier alpha value is -1.81. The largest absolute Gasteiger partial charge is 0.451 e. The molecular weight excluding hydrogens is 248 g/mol. The molecule has 2 aromatic rings. The van der Waals surface area contributed by atoms with E-state index >= 15 is 0 Å². The number of Topliss-reactive ketones (excluding diaryl/α,β-unsaturated/α-hetero) is 1. The highest BCUT2D eigenvalue weighted by molar-refractivity contribution is 8.13. The molecule has 0 spiro atoms. The maximum absolute atomic E-state index is 11.6. The van der Waals surface area contributed by atoms with Crippen LogP contribution in [0.4, 0.5) is 0 Å². The molecule has 0 amide bonds. The number of hydrogen-bond acceptors (Lipinski definition) is 4. The first-order chi connectivity index (χ1) is 8.63. The third kappa shape index (κ3) is 2.38. The number of furan rings is 1. The van der Waals surface area contributed by atoms with Crippen LogP contribution in [0.15, 0.2) is 40.8 Å². The predicted molar refractivity (Wildman–Crippen MR) is 72.0 cm³/mol. The maximum Gasteiger partial charge on any atom is 0.254 e. The van der Waals surface area contributed by atoms with Crippen molar-refractivity contribution in [2.75, 3.05) is 6.26 Å². The van der Waals surface area contributed by atoms with Crippen LogP contribution in [-0.4, -0.2) is 17.2 Å². The molecule has 3 nitrogen and oxygen atoms in total. The smallest absolute Gasteiger partial charge is 0.254 e. The van der Waals surface area contributed by atoms with Crippen molar-refractivity contribution < 1.29 is 14.0 Å². The van der Waals surface area contributed by atoms with Gasteiger partial charge in [-0.05, 0) is 13.2 Å². The monoisotopic (exact) mass is 260 g/mol. The van der Waals surface area contributed by atoms with Gasteiger partial charge in [-0.15, -0.1) is 0 Å². The number of rotatable bonds is 3. The highest BCUT2D eigenvalue weighted by Crippen LogP contribution is 2.29. The van der Waals surface area contributed by atoms with Gasteiger partial charge in [-0.2, -0.15) is 0 Å². The number of carbonyl (C=O) groups is 2.